The molecule has 1 aromatic carbocycles. The number of aliphatic hydroxyl groups is 2. The van der Waals surface area contributed by atoms with Crippen LogP contribution in [-0.2, 0) is 80.0 Å². The molecule has 1 aromatic heterocycles. The molecule has 12 atom stereocenters. The van der Waals surface area contributed by atoms with E-state index < -0.39 is 201 Å². The van der Waals surface area contributed by atoms with E-state index in [9.17, 15) is 92.7 Å². The number of hydrogen-bond acceptors (Lipinski definition) is 20. The minimum atomic E-state index is -1.85. The van der Waals surface area contributed by atoms with Crippen molar-refractivity contribution in [2.75, 3.05) is 19.7 Å². The standard InChI is InChI=1S/C60H94N16O19/c1-30(2)23-41(55(89)70-39(16-19-47(64)81)54(88)75-49(32(5)78)58(92)74-44(25-33-11-13-35(79)14-12-33)59(93)76-22-8-10-45(76)60(94)95)71-51(85)37(9-6-7-21-61)68-57(91)43(26-34-27-65-29-66-34)73-56(90)42(24-31(3)4)72-53(87)40(17-20-48(82)83)69-52(86)38(15-18-46(63)80)67-50(84)36(62)28-77/h11-14,27,29-32,36-45,49,77-79H,6-10,15-26,28,61-62H2,1-5H3,(H2,63,80)(H2,64,81)(H,65,66)(H,67,84)(H,68,91)(H,69,86)(H,70,89)(H,71,85)(H,72,87)(H,73,90)(H,74,92)(H,75,88)(H,82,83)(H,94,95)/t32-,36+,37+,38+,39+,40+,41+,42+,43+,44+,45+,49+/m1/s1. The van der Waals surface area contributed by atoms with Crippen molar-refractivity contribution < 1.29 is 92.7 Å². The Kier molecular flexibility index (Phi) is 33.7. The van der Waals surface area contributed by atoms with Crippen LogP contribution in [0.3, 0.4) is 0 Å². The SMILES string of the molecule is CC(C)C[C@H](NC(=O)[C@H](CCC(=O)O)NC(=O)[C@H](CCC(N)=O)NC(=O)[C@@H](N)CO)C(=O)N[C@@H](Cc1c[nH]cn1)C(=O)N[C@@H](CCCCN)C(=O)N[C@@H](CC(C)C)C(=O)N[C@@H](CCC(N)=O)C(=O)N[C@H](C(=O)N[C@@H](Cc1ccc(O)cc1)C(=O)N1CCC[C@H]1C(=O)O)[C@@H](C)O. The van der Waals surface area contributed by atoms with Gasteiger partial charge in [-0.2, -0.15) is 0 Å². The van der Waals surface area contributed by atoms with Crippen LogP contribution >= 0.6 is 0 Å². The number of likely N-dealkylation sites (tertiary alicyclic amines) is 1. The summed E-state index contributed by atoms with van der Waals surface area (Å²) in [6.45, 7) is 7.31. The van der Waals surface area contributed by atoms with Gasteiger partial charge in [0.2, 0.25) is 70.9 Å². The Morgan fingerprint density at radius 3 is 1.46 bits per heavy atom. The number of aliphatic carboxylic acids is 2. The maximum atomic E-state index is 14.6. The van der Waals surface area contributed by atoms with E-state index in [0.29, 0.717) is 18.4 Å². The first-order valence-corrected chi connectivity index (χ1v) is 31.3. The van der Waals surface area contributed by atoms with E-state index in [2.05, 4.69) is 57.8 Å². The number of aromatic amines is 1. The average molecular weight is 1340 g/mol. The van der Waals surface area contributed by atoms with Gasteiger partial charge in [-0.25, -0.2) is 9.78 Å². The van der Waals surface area contributed by atoms with Crippen LogP contribution in [0.15, 0.2) is 36.8 Å². The third-order valence-corrected chi connectivity index (χ3v) is 15.2. The number of H-pyrrole nitrogens is 1. The monoisotopic (exact) mass is 1340 g/mol. The van der Waals surface area contributed by atoms with E-state index in [0.717, 1.165) is 11.8 Å². The molecule has 0 unspecified atom stereocenters. The van der Waals surface area contributed by atoms with Crippen molar-refractivity contribution in [2.24, 2.45) is 34.8 Å². The van der Waals surface area contributed by atoms with Gasteiger partial charge in [-0.15, -0.1) is 0 Å². The highest BCUT2D eigenvalue weighted by molar-refractivity contribution is 5.99. The van der Waals surface area contributed by atoms with Crippen LogP contribution in [0.5, 0.6) is 5.75 Å². The van der Waals surface area contributed by atoms with Crippen molar-refractivity contribution in [2.45, 2.75) is 203 Å². The number of carbonyl (C=O) groups is 14. The first kappa shape index (κ1) is 79.9. The van der Waals surface area contributed by atoms with Crippen molar-refractivity contribution in [3.63, 3.8) is 0 Å². The van der Waals surface area contributed by atoms with Gasteiger partial charge < -0.3 is 106 Å². The van der Waals surface area contributed by atoms with Gasteiger partial charge in [0.05, 0.1) is 24.7 Å². The molecule has 0 aliphatic carbocycles. The van der Waals surface area contributed by atoms with Gasteiger partial charge in [-0.3, -0.25) is 62.3 Å². The van der Waals surface area contributed by atoms with Crippen molar-refractivity contribution >= 4 is 82.8 Å². The Morgan fingerprint density at radius 1 is 0.579 bits per heavy atom. The van der Waals surface area contributed by atoms with Gasteiger partial charge in [0.15, 0.2) is 0 Å². The first-order chi connectivity index (χ1) is 44.7. The summed E-state index contributed by atoms with van der Waals surface area (Å²) in [5, 5.41) is 72.0. The van der Waals surface area contributed by atoms with Gasteiger partial charge in [0.25, 0.3) is 0 Å². The molecule has 0 spiro atoms. The third-order valence-electron chi connectivity index (χ3n) is 15.2. The van der Waals surface area contributed by atoms with Crippen molar-refractivity contribution in [1.29, 1.82) is 0 Å². The molecule has 12 amide bonds. The van der Waals surface area contributed by atoms with Crippen LogP contribution in [-0.4, -0.2) is 215 Å². The highest BCUT2D eigenvalue weighted by Gasteiger charge is 2.41. The van der Waals surface area contributed by atoms with Crippen LogP contribution < -0.4 is 70.8 Å². The average Bonchev–Trinajstić information content (AvgIpc) is 1.83. The van der Waals surface area contributed by atoms with Crippen LogP contribution in [0, 0.1) is 11.8 Å². The molecule has 2 aromatic rings. The van der Waals surface area contributed by atoms with Crippen LogP contribution in [0.2, 0.25) is 0 Å². The molecular formula is C60H94N16O19. The number of phenolic OH excluding ortho intramolecular Hbond substituents is 1. The molecule has 95 heavy (non-hydrogen) atoms. The maximum absolute atomic E-state index is 14.6. The van der Waals surface area contributed by atoms with Crippen molar-refractivity contribution in [3.8, 4) is 5.75 Å². The summed E-state index contributed by atoms with van der Waals surface area (Å²) in [6, 6.07) is -11.4. The second-order valence-electron chi connectivity index (χ2n) is 24.2. The number of carboxylic acids is 2. The largest absolute Gasteiger partial charge is 0.508 e. The lowest BCUT2D eigenvalue weighted by molar-refractivity contribution is -0.149. The smallest absolute Gasteiger partial charge is 0.326 e. The van der Waals surface area contributed by atoms with E-state index in [-0.39, 0.29) is 81.3 Å². The lowest BCUT2D eigenvalue weighted by Crippen LogP contribution is -2.62. The molecule has 1 aliphatic rings. The van der Waals surface area contributed by atoms with Crippen LogP contribution in [0.25, 0.3) is 0 Å². The number of nitrogens with one attached hydrogen (secondary N) is 10. The fourth-order valence-corrected chi connectivity index (χ4v) is 10.1. The highest BCUT2D eigenvalue weighted by atomic mass is 16.4. The van der Waals surface area contributed by atoms with Crippen molar-refractivity contribution in [1.82, 2.24) is 62.7 Å². The summed E-state index contributed by atoms with van der Waals surface area (Å²) in [7, 11) is 0. The number of unbranched alkanes of at least 4 members (excludes halogenated alkanes) is 1. The van der Waals surface area contributed by atoms with Gasteiger partial charge >= 0.3 is 11.9 Å². The number of nitrogens with zero attached hydrogens (tertiary/aromatic N) is 2. The van der Waals surface area contributed by atoms with Gasteiger partial charge in [0, 0.05) is 44.8 Å². The third kappa shape index (κ3) is 28.0. The first-order valence-electron chi connectivity index (χ1n) is 31.3. The van der Waals surface area contributed by atoms with E-state index in [1.54, 1.807) is 27.7 Å². The second-order valence-corrected chi connectivity index (χ2v) is 24.2. The van der Waals surface area contributed by atoms with E-state index in [4.69, 9.17) is 22.9 Å². The molecule has 35 nitrogen and oxygen atoms in total. The zero-order valence-electron chi connectivity index (χ0n) is 53.9. The molecule has 2 heterocycles. The fraction of sp³-hybridized carbons (Fsp3) is 0.617. The molecule has 23 N–H and O–H groups in total. The lowest BCUT2D eigenvalue weighted by Gasteiger charge is -2.30. The number of aromatic nitrogens is 2. The van der Waals surface area contributed by atoms with Gasteiger partial charge in [0.1, 0.15) is 72.2 Å². The van der Waals surface area contributed by atoms with E-state index >= 15 is 0 Å². The molecule has 0 saturated carbocycles. The Balaban J connectivity index is 1.95. The van der Waals surface area contributed by atoms with Crippen LogP contribution in [0.1, 0.15) is 129 Å². The summed E-state index contributed by atoms with van der Waals surface area (Å²) in [6.07, 6.45) is -1.89. The topological polar surface area (TPSA) is 584 Å². The second kappa shape index (κ2) is 40.0. The Bertz CT molecular complexity index is 2950. The number of nitrogens with two attached hydrogens (primary N) is 4. The minimum Gasteiger partial charge on any atom is -0.508 e. The molecule has 528 valence electrons. The number of phenols is 1. The summed E-state index contributed by atoms with van der Waals surface area (Å²) in [5.74, 6) is -15.3. The zero-order chi connectivity index (χ0) is 71.2. The minimum absolute atomic E-state index is 0.0475. The summed E-state index contributed by atoms with van der Waals surface area (Å²) in [5.41, 5.74) is 22.8. The summed E-state index contributed by atoms with van der Waals surface area (Å²) >= 11 is 0. The Hall–Kier alpha value is -9.35. The van der Waals surface area contributed by atoms with Gasteiger partial charge in [-0.05, 0) is 107 Å². The predicted molar refractivity (Wildman–Crippen MR) is 336 cm³/mol. The number of primary amides is 2. The summed E-state index contributed by atoms with van der Waals surface area (Å²) < 4.78 is 0. The number of rotatable bonds is 43. The number of benzene rings is 1. The highest BCUT2D eigenvalue weighted by Crippen LogP contribution is 2.21. The normalized spacial score (nSPS) is 16.3. The molecule has 1 aliphatic heterocycles. The number of hydrogen-bond donors (Lipinski definition) is 19. The molecule has 0 radical (unpaired) electrons. The maximum Gasteiger partial charge on any atom is 0.326 e. The quantitative estimate of drug-likeness (QED) is 0.0276. The number of amides is 12. The molecule has 35 heteroatoms. The molecular weight excluding hydrogens is 1250 g/mol. The number of carbonyl (C=O) groups excluding carboxylic acids is 12. The van der Waals surface area contributed by atoms with Gasteiger partial charge in [-0.1, -0.05) is 39.8 Å². The Morgan fingerprint density at radius 2 is 1.02 bits per heavy atom. The molecule has 0 bridgehead atoms. The van der Waals surface area contributed by atoms with Crippen LogP contribution in [0.4, 0.5) is 0 Å². The zero-order valence-corrected chi connectivity index (χ0v) is 53.9. The number of carboxylic acid groups (broad SMARTS) is 2. The molecule has 1 fully saturated rings. The number of aromatic hydroxyl groups is 1. The summed E-state index contributed by atoms with van der Waals surface area (Å²) in [4.78, 5) is 197. The van der Waals surface area contributed by atoms with E-state index in [1.165, 1.54) is 36.8 Å². The van der Waals surface area contributed by atoms with Crippen molar-refractivity contribution in [3.05, 3.63) is 48.0 Å². The Labute approximate surface area is 548 Å². The molecule has 1 saturated heterocycles. The number of aliphatic hydroxyl groups excluding tert-OH is 2. The van der Waals surface area contributed by atoms with E-state index in [1.807, 2.05) is 0 Å². The lowest BCUT2D eigenvalue weighted by atomic mass is 10.00. The fourth-order valence-electron chi connectivity index (χ4n) is 10.1. The number of imidazole rings is 1. The molecule has 3 rings (SSSR count). The predicted octanol–water partition coefficient (Wildman–Crippen LogP) is -5.34.